The molecular weight excluding hydrogens is 304 g/mol. The summed E-state index contributed by atoms with van der Waals surface area (Å²) in [5.74, 6) is 0.586. The summed E-state index contributed by atoms with van der Waals surface area (Å²) in [5, 5.41) is 0.719. The van der Waals surface area contributed by atoms with Gasteiger partial charge >= 0.3 is 0 Å². The van der Waals surface area contributed by atoms with Gasteiger partial charge in [0.25, 0.3) is 5.91 Å². The Labute approximate surface area is 135 Å². The Kier molecular flexibility index (Phi) is 5.29. The van der Waals surface area contributed by atoms with Crippen LogP contribution in [-0.2, 0) is 9.59 Å². The fourth-order valence-electron chi connectivity index (χ4n) is 2.53. The van der Waals surface area contributed by atoms with Gasteiger partial charge in [0, 0.05) is 31.2 Å². The molecule has 0 bridgehead atoms. The summed E-state index contributed by atoms with van der Waals surface area (Å²) in [7, 11) is 0. The standard InChI is InChI=1S/C16H21ClN2O3/c1-11-8-14(9-12(2)15(11)17)22-13(3)16(21)19-6-4-18(10-20)5-7-19/h8-10,13H,4-7H2,1-3H3/t13-/m0/s1. The molecule has 0 aliphatic carbocycles. The fraction of sp³-hybridized carbons (Fsp3) is 0.500. The summed E-state index contributed by atoms with van der Waals surface area (Å²) >= 11 is 6.13. The average Bonchev–Trinajstić information content (AvgIpc) is 2.51. The van der Waals surface area contributed by atoms with Gasteiger partial charge in [-0.25, -0.2) is 0 Å². The molecule has 1 heterocycles. The van der Waals surface area contributed by atoms with Gasteiger partial charge in [-0.15, -0.1) is 0 Å². The van der Waals surface area contributed by atoms with E-state index < -0.39 is 6.10 Å². The Morgan fingerprint density at radius 2 is 1.77 bits per heavy atom. The van der Waals surface area contributed by atoms with E-state index in [0.29, 0.717) is 31.9 Å². The van der Waals surface area contributed by atoms with Crippen molar-refractivity contribution in [3.63, 3.8) is 0 Å². The molecule has 0 N–H and O–H groups in total. The minimum absolute atomic E-state index is 0.0594. The summed E-state index contributed by atoms with van der Waals surface area (Å²) in [4.78, 5) is 26.5. The summed E-state index contributed by atoms with van der Waals surface area (Å²) in [6, 6.07) is 3.67. The minimum Gasteiger partial charge on any atom is -0.481 e. The number of aryl methyl sites for hydroxylation is 2. The third kappa shape index (κ3) is 3.71. The van der Waals surface area contributed by atoms with Crippen molar-refractivity contribution in [2.75, 3.05) is 26.2 Å². The first-order chi connectivity index (χ1) is 10.4. The van der Waals surface area contributed by atoms with Gasteiger partial charge in [0.2, 0.25) is 6.41 Å². The van der Waals surface area contributed by atoms with E-state index >= 15 is 0 Å². The number of ether oxygens (including phenoxy) is 1. The van der Waals surface area contributed by atoms with Crippen molar-refractivity contribution in [2.24, 2.45) is 0 Å². The fourth-order valence-corrected chi connectivity index (χ4v) is 2.64. The quantitative estimate of drug-likeness (QED) is 0.796. The highest BCUT2D eigenvalue weighted by Gasteiger charge is 2.25. The lowest BCUT2D eigenvalue weighted by Crippen LogP contribution is -2.51. The zero-order valence-electron chi connectivity index (χ0n) is 13.1. The molecule has 1 aromatic rings. The predicted molar refractivity (Wildman–Crippen MR) is 85.2 cm³/mol. The molecule has 6 heteroatoms. The summed E-state index contributed by atoms with van der Waals surface area (Å²) < 4.78 is 5.77. The normalized spacial score (nSPS) is 16.4. The number of carbonyl (C=O) groups is 2. The Balaban J connectivity index is 1.98. The molecule has 0 aromatic heterocycles. The van der Waals surface area contributed by atoms with E-state index in [4.69, 9.17) is 16.3 Å². The van der Waals surface area contributed by atoms with Gasteiger partial charge in [-0.1, -0.05) is 11.6 Å². The van der Waals surface area contributed by atoms with Gasteiger partial charge in [0.1, 0.15) is 5.75 Å². The van der Waals surface area contributed by atoms with Crippen molar-refractivity contribution >= 4 is 23.9 Å². The van der Waals surface area contributed by atoms with Crippen molar-refractivity contribution in [3.05, 3.63) is 28.3 Å². The molecule has 0 spiro atoms. The molecule has 1 aromatic carbocycles. The molecule has 22 heavy (non-hydrogen) atoms. The molecule has 0 saturated carbocycles. The van der Waals surface area contributed by atoms with Crippen LogP contribution in [-0.4, -0.2) is 54.4 Å². The number of carbonyl (C=O) groups excluding carboxylic acids is 2. The van der Waals surface area contributed by atoms with Crippen LogP contribution < -0.4 is 4.74 Å². The second-order valence-corrected chi connectivity index (χ2v) is 5.98. The molecule has 120 valence electrons. The molecule has 1 saturated heterocycles. The highest BCUT2D eigenvalue weighted by atomic mass is 35.5. The lowest BCUT2D eigenvalue weighted by Gasteiger charge is -2.34. The molecule has 1 aliphatic heterocycles. The zero-order valence-corrected chi connectivity index (χ0v) is 13.9. The zero-order chi connectivity index (χ0) is 16.3. The van der Waals surface area contributed by atoms with Crippen molar-refractivity contribution in [3.8, 4) is 5.75 Å². The molecule has 5 nitrogen and oxygen atoms in total. The number of hydrogen-bond donors (Lipinski definition) is 0. The molecule has 2 amide bonds. The maximum Gasteiger partial charge on any atom is 0.263 e. The molecule has 0 radical (unpaired) electrons. The van der Waals surface area contributed by atoms with E-state index in [0.717, 1.165) is 22.6 Å². The number of benzene rings is 1. The average molecular weight is 325 g/mol. The molecule has 2 rings (SSSR count). The van der Waals surface area contributed by atoms with Crippen LogP contribution in [0.5, 0.6) is 5.75 Å². The molecule has 1 aliphatic rings. The van der Waals surface area contributed by atoms with E-state index in [1.54, 1.807) is 16.7 Å². The van der Waals surface area contributed by atoms with Crippen molar-refractivity contribution in [1.82, 2.24) is 9.80 Å². The third-order valence-corrected chi connectivity index (χ3v) is 4.44. The van der Waals surface area contributed by atoms with Gasteiger partial charge in [0.15, 0.2) is 6.10 Å². The maximum atomic E-state index is 12.4. The van der Waals surface area contributed by atoms with Gasteiger partial charge in [-0.05, 0) is 44.0 Å². The van der Waals surface area contributed by atoms with Crippen LogP contribution >= 0.6 is 11.6 Å². The van der Waals surface area contributed by atoms with E-state index in [1.165, 1.54) is 0 Å². The second kappa shape index (κ2) is 7.01. The molecular formula is C16H21ClN2O3. The van der Waals surface area contributed by atoms with Crippen LogP contribution in [0.1, 0.15) is 18.1 Å². The number of amides is 2. The Morgan fingerprint density at radius 3 is 2.27 bits per heavy atom. The van der Waals surface area contributed by atoms with E-state index in [2.05, 4.69) is 0 Å². The predicted octanol–water partition coefficient (Wildman–Crippen LogP) is 2.02. The molecule has 1 atom stereocenters. The molecule has 1 fully saturated rings. The van der Waals surface area contributed by atoms with Crippen LogP contribution in [0, 0.1) is 13.8 Å². The van der Waals surface area contributed by atoms with Crippen molar-refractivity contribution < 1.29 is 14.3 Å². The first kappa shape index (κ1) is 16.6. The maximum absolute atomic E-state index is 12.4. The van der Waals surface area contributed by atoms with Crippen LogP contribution in [0.2, 0.25) is 5.02 Å². The van der Waals surface area contributed by atoms with Crippen molar-refractivity contribution in [1.29, 1.82) is 0 Å². The third-order valence-electron chi connectivity index (χ3n) is 3.85. The number of hydrogen-bond acceptors (Lipinski definition) is 3. The lowest BCUT2D eigenvalue weighted by atomic mass is 10.1. The second-order valence-electron chi connectivity index (χ2n) is 5.60. The van der Waals surface area contributed by atoms with Crippen LogP contribution in [0.4, 0.5) is 0 Å². The summed E-state index contributed by atoms with van der Waals surface area (Å²) in [6.45, 7) is 7.80. The van der Waals surface area contributed by atoms with Gasteiger partial charge in [-0.2, -0.15) is 0 Å². The minimum atomic E-state index is -0.567. The van der Waals surface area contributed by atoms with E-state index in [1.807, 2.05) is 26.0 Å². The Bertz CT molecular complexity index is 546. The highest BCUT2D eigenvalue weighted by Crippen LogP contribution is 2.26. The van der Waals surface area contributed by atoms with Crippen LogP contribution in [0.15, 0.2) is 12.1 Å². The van der Waals surface area contributed by atoms with E-state index in [9.17, 15) is 9.59 Å². The first-order valence-electron chi connectivity index (χ1n) is 7.34. The van der Waals surface area contributed by atoms with Gasteiger partial charge in [-0.3, -0.25) is 9.59 Å². The van der Waals surface area contributed by atoms with Crippen molar-refractivity contribution in [2.45, 2.75) is 26.9 Å². The SMILES string of the molecule is Cc1cc(O[C@@H](C)C(=O)N2CCN(C=O)CC2)cc(C)c1Cl. The number of halogens is 1. The highest BCUT2D eigenvalue weighted by molar-refractivity contribution is 6.32. The summed E-state index contributed by atoms with van der Waals surface area (Å²) in [5.41, 5.74) is 1.85. The largest absolute Gasteiger partial charge is 0.481 e. The first-order valence-corrected chi connectivity index (χ1v) is 7.71. The Hall–Kier alpha value is -1.75. The lowest BCUT2D eigenvalue weighted by molar-refractivity contribution is -0.141. The van der Waals surface area contributed by atoms with E-state index in [-0.39, 0.29) is 5.91 Å². The monoisotopic (exact) mass is 324 g/mol. The van der Waals surface area contributed by atoms with Crippen LogP contribution in [0.3, 0.4) is 0 Å². The Morgan fingerprint density at radius 1 is 1.23 bits per heavy atom. The smallest absolute Gasteiger partial charge is 0.263 e. The van der Waals surface area contributed by atoms with Crippen LogP contribution in [0.25, 0.3) is 0 Å². The molecule has 0 unspecified atom stereocenters. The number of nitrogens with zero attached hydrogens (tertiary/aromatic N) is 2. The van der Waals surface area contributed by atoms with Gasteiger partial charge < -0.3 is 14.5 Å². The van der Waals surface area contributed by atoms with Gasteiger partial charge in [0.05, 0.1) is 0 Å². The summed E-state index contributed by atoms with van der Waals surface area (Å²) in [6.07, 6.45) is 0.254. The topological polar surface area (TPSA) is 49.9 Å². The number of piperazine rings is 1. The number of rotatable bonds is 4.